The van der Waals surface area contributed by atoms with Gasteiger partial charge in [-0.3, -0.25) is 14.4 Å². The molecule has 4 aromatic rings. The van der Waals surface area contributed by atoms with Gasteiger partial charge in [0.25, 0.3) is 11.8 Å². The molecule has 3 amide bonds. The molecule has 1 aromatic heterocycles. The van der Waals surface area contributed by atoms with Crippen LogP contribution in [0, 0.1) is 0 Å². The number of carbonyl (C=O) groups is 4. The third-order valence-corrected chi connectivity index (χ3v) is 9.85. The molecule has 1 aliphatic rings. The van der Waals surface area contributed by atoms with Gasteiger partial charge in [0.05, 0.1) is 17.4 Å². The first-order valence-corrected chi connectivity index (χ1v) is 17.4. The van der Waals surface area contributed by atoms with Gasteiger partial charge in [0.2, 0.25) is 5.91 Å². The number of anilines is 2. The smallest absolute Gasteiger partial charge is 0.341 e. The number of rotatable bonds is 11. The standard InChI is InChI=1S/C37H37N3O5S2/c1-3-45-37(44)32-29-20-11-6-12-21-31(29)47-36(32)40-33(41)24(2)46-28-19-13-18-27(23-28)38-35(43)30(22-25-14-7-4-8-15-25)39-34(42)26-16-9-5-10-17-26/h4-5,7-10,13-19,22-24H,3,6,11-12,20-21H2,1-2H3,(H,38,43)(H,39,42)(H,40,41)/b30-22-. The van der Waals surface area contributed by atoms with E-state index in [1.54, 1.807) is 62.4 Å². The highest BCUT2D eigenvalue weighted by Gasteiger charge is 2.28. The lowest BCUT2D eigenvalue weighted by Crippen LogP contribution is -2.30. The Morgan fingerprint density at radius 1 is 0.894 bits per heavy atom. The number of thioether (sulfide) groups is 1. The lowest BCUT2D eigenvalue weighted by atomic mass is 10.1. The molecule has 10 heteroatoms. The molecule has 0 radical (unpaired) electrons. The van der Waals surface area contributed by atoms with Gasteiger partial charge < -0.3 is 20.7 Å². The van der Waals surface area contributed by atoms with Gasteiger partial charge in [0, 0.05) is 21.0 Å². The molecular weight excluding hydrogens is 631 g/mol. The Morgan fingerprint density at radius 2 is 1.62 bits per heavy atom. The van der Waals surface area contributed by atoms with E-state index in [0.717, 1.165) is 53.0 Å². The maximum atomic E-state index is 13.5. The van der Waals surface area contributed by atoms with Crippen molar-refractivity contribution in [2.75, 3.05) is 17.2 Å². The van der Waals surface area contributed by atoms with Crippen LogP contribution in [-0.4, -0.2) is 35.5 Å². The summed E-state index contributed by atoms with van der Waals surface area (Å²) in [5, 5.41) is 8.68. The van der Waals surface area contributed by atoms with Crippen molar-refractivity contribution in [3.05, 3.63) is 118 Å². The first kappa shape index (κ1) is 33.7. The second-order valence-electron chi connectivity index (χ2n) is 11.0. The highest BCUT2D eigenvalue weighted by Crippen LogP contribution is 2.38. The van der Waals surface area contributed by atoms with Crippen LogP contribution >= 0.6 is 23.1 Å². The minimum absolute atomic E-state index is 0.0857. The molecule has 1 heterocycles. The van der Waals surface area contributed by atoms with Crippen LogP contribution in [0.3, 0.4) is 0 Å². The van der Waals surface area contributed by atoms with E-state index in [4.69, 9.17) is 4.74 Å². The van der Waals surface area contributed by atoms with E-state index in [0.29, 0.717) is 21.8 Å². The van der Waals surface area contributed by atoms with Gasteiger partial charge >= 0.3 is 5.97 Å². The maximum Gasteiger partial charge on any atom is 0.341 e. The van der Waals surface area contributed by atoms with Gasteiger partial charge in [-0.1, -0.05) is 61.0 Å². The molecule has 0 fully saturated rings. The van der Waals surface area contributed by atoms with Crippen LogP contribution in [-0.2, 0) is 27.2 Å². The van der Waals surface area contributed by atoms with Crippen LogP contribution in [0.4, 0.5) is 10.7 Å². The van der Waals surface area contributed by atoms with E-state index >= 15 is 0 Å². The van der Waals surface area contributed by atoms with Crippen LogP contribution in [0.15, 0.2) is 95.5 Å². The van der Waals surface area contributed by atoms with Gasteiger partial charge in [-0.15, -0.1) is 23.1 Å². The molecule has 0 aliphatic heterocycles. The molecule has 1 unspecified atom stereocenters. The van der Waals surface area contributed by atoms with Crippen molar-refractivity contribution in [3.8, 4) is 0 Å². The van der Waals surface area contributed by atoms with Gasteiger partial charge in [-0.05, 0) is 87.1 Å². The molecule has 1 atom stereocenters. The topological polar surface area (TPSA) is 114 Å². The number of thiophene rings is 1. The highest BCUT2D eigenvalue weighted by molar-refractivity contribution is 8.00. The van der Waals surface area contributed by atoms with Gasteiger partial charge in [-0.25, -0.2) is 4.79 Å². The average molecular weight is 668 g/mol. The number of amides is 3. The van der Waals surface area contributed by atoms with Crippen LogP contribution in [0.2, 0.25) is 0 Å². The van der Waals surface area contributed by atoms with Crippen molar-refractivity contribution in [1.82, 2.24) is 5.32 Å². The molecule has 0 spiro atoms. The molecule has 47 heavy (non-hydrogen) atoms. The number of hydrogen-bond acceptors (Lipinski definition) is 7. The van der Waals surface area contributed by atoms with E-state index in [2.05, 4.69) is 16.0 Å². The summed E-state index contributed by atoms with van der Waals surface area (Å²) in [5.74, 6) is -1.52. The van der Waals surface area contributed by atoms with Gasteiger partial charge in [-0.2, -0.15) is 0 Å². The number of ether oxygens (including phenoxy) is 1. The van der Waals surface area contributed by atoms with Crippen molar-refractivity contribution in [2.24, 2.45) is 0 Å². The number of aryl methyl sites for hydroxylation is 1. The number of nitrogens with one attached hydrogen (secondary N) is 3. The molecule has 0 bridgehead atoms. The predicted octanol–water partition coefficient (Wildman–Crippen LogP) is 7.72. The van der Waals surface area contributed by atoms with E-state index < -0.39 is 23.0 Å². The van der Waals surface area contributed by atoms with E-state index in [1.807, 2.05) is 42.5 Å². The summed E-state index contributed by atoms with van der Waals surface area (Å²) in [5.41, 5.74) is 3.27. The quantitative estimate of drug-likeness (QED) is 0.0653. The summed E-state index contributed by atoms with van der Waals surface area (Å²) in [6.45, 7) is 3.84. The molecule has 3 N–H and O–H groups in total. The van der Waals surface area contributed by atoms with E-state index in [-0.39, 0.29) is 18.2 Å². The van der Waals surface area contributed by atoms with Gasteiger partial charge in [0.1, 0.15) is 10.7 Å². The molecule has 242 valence electrons. The zero-order valence-corrected chi connectivity index (χ0v) is 28.0. The first-order chi connectivity index (χ1) is 22.8. The summed E-state index contributed by atoms with van der Waals surface area (Å²) in [7, 11) is 0. The molecule has 0 saturated carbocycles. The molecule has 0 saturated heterocycles. The minimum atomic E-state index is -0.503. The average Bonchev–Trinajstić information content (AvgIpc) is 3.25. The third kappa shape index (κ3) is 8.99. The zero-order valence-electron chi connectivity index (χ0n) is 26.3. The van der Waals surface area contributed by atoms with Crippen molar-refractivity contribution in [2.45, 2.75) is 56.1 Å². The van der Waals surface area contributed by atoms with Crippen molar-refractivity contribution in [1.29, 1.82) is 0 Å². The number of hydrogen-bond donors (Lipinski definition) is 3. The SMILES string of the molecule is CCOC(=O)c1c(NC(=O)C(C)Sc2cccc(NC(=O)/C(=C/c3ccccc3)NC(=O)c3ccccc3)c2)sc2c1CCCCC2. The fraction of sp³-hybridized carbons (Fsp3) is 0.243. The van der Waals surface area contributed by atoms with Crippen molar-refractivity contribution in [3.63, 3.8) is 0 Å². The zero-order chi connectivity index (χ0) is 33.2. The lowest BCUT2D eigenvalue weighted by Gasteiger charge is -2.14. The van der Waals surface area contributed by atoms with E-state index in [9.17, 15) is 19.2 Å². The second kappa shape index (κ2) is 16.2. The maximum absolute atomic E-state index is 13.5. The van der Waals surface area contributed by atoms with Crippen molar-refractivity contribution >= 4 is 63.6 Å². The van der Waals surface area contributed by atoms with Crippen molar-refractivity contribution < 1.29 is 23.9 Å². The molecule has 8 nitrogen and oxygen atoms in total. The Kier molecular flexibility index (Phi) is 11.6. The summed E-state index contributed by atoms with van der Waals surface area (Å²) in [6.07, 6.45) is 6.50. The summed E-state index contributed by atoms with van der Waals surface area (Å²) in [4.78, 5) is 54.6. The Hall–Kier alpha value is -4.67. The first-order valence-electron chi connectivity index (χ1n) is 15.7. The van der Waals surface area contributed by atoms with Crippen LogP contribution in [0.1, 0.15) is 69.8 Å². The molecule has 1 aliphatic carbocycles. The second-order valence-corrected chi connectivity index (χ2v) is 13.5. The largest absolute Gasteiger partial charge is 0.462 e. The number of fused-ring (bicyclic) bond motifs is 1. The fourth-order valence-corrected chi connectivity index (χ4v) is 7.43. The minimum Gasteiger partial charge on any atom is -0.462 e. The molecular formula is C37H37N3O5S2. The summed E-state index contributed by atoms with van der Waals surface area (Å²) >= 11 is 2.81. The van der Waals surface area contributed by atoms with Crippen LogP contribution in [0.5, 0.6) is 0 Å². The van der Waals surface area contributed by atoms with Gasteiger partial charge in [0.15, 0.2) is 0 Å². The number of carbonyl (C=O) groups excluding carboxylic acids is 4. The fourth-order valence-electron chi connectivity index (χ4n) is 5.23. The van der Waals surface area contributed by atoms with E-state index in [1.165, 1.54) is 23.1 Å². The third-order valence-electron chi connectivity index (χ3n) is 7.55. The Morgan fingerprint density at radius 3 is 2.36 bits per heavy atom. The Bertz CT molecular complexity index is 1770. The van der Waals surface area contributed by atoms with Crippen LogP contribution in [0.25, 0.3) is 6.08 Å². The lowest BCUT2D eigenvalue weighted by molar-refractivity contribution is -0.115. The normalized spacial score (nSPS) is 13.4. The number of benzene rings is 3. The predicted molar refractivity (Wildman–Crippen MR) is 189 cm³/mol. The molecule has 3 aromatic carbocycles. The summed E-state index contributed by atoms with van der Waals surface area (Å²) < 4.78 is 5.36. The molecule has 5 rings (SSSR count). The highest BCUT2D eigenvalue weighted by atomic mass is 32.2. The van der Waals surface area contributed by atoms with Crippen LogP contribution < -0.4 is 16.0 Å². The summed E-state index contributed by atoms with van der Waals surface area (Å²) in [6, 6.07) is 25.1. The monoisotopic (exact) mass is 667 g/mol. The Labute approximate surface area is 283 Å². The Balaban J connectivity index is 1.28. The number of esters is 1.